The molecule has 1 aliphatic rings. The summed E-state index contributed by atoms with van der Waals surface area (Å²) in [5.74, 6) is 0.198. The highest BCUT2D eigenvalue weighted by Gasteiger charge is 2.32. The maximum Gasteiger partial charge on any atom is 0.240 e. The minimum atomic E-state index is -0.440. The van der Waals surface area contributed by atoms with Crippen LogP contribution in [-0.4, -0.2) is 35.9 Å². The van der Waals surface area contributed by atoms with E-state index in [-0.39, 0.29) is 18.2 Å². The first-order valence-electron chi connectivity index (χ1n) is 7.59. The van der Waals surface area contributed by atoms with Crippen LogP contribution in [0.3, 0.4) is 0 Å². The number of nitrogens with zero attached hydrogens (tertiary/aromatic N) is 1. The first-order valence-corrected chi connectivity index (χ1v) is 8.46. The van der Waals surface area contributed by atoms with Crippen LogP contribution in [0.15, 0.2) is 29.3 Å². The lowest BCUT2D eigenvalue weighted by Gasteiger charge is -2.10. The molecule has 0 saturated carbocycles. The van der Waals surface area contributed by atoms with E-state index < -0.39 is 5.25 Å². The van der Waals surface area contributed by atoms with Gasteiger partial charge >= 0.3 is 0 Å². The zero-order valence-corrected chi connectivity index (χ0v) is 14.1. The Bertz CT molecular complexity index is 604. The first-order chi connectivity index (χ1) is 11.1. The summed E-state index contributed by atoms with van der Waals surface area (Å²) in [7, 11) is 1.55. The fourth-order valence-electron chi connectivity index (χ4n) is 2.07. The van der Waals surface area contributed by atoms with Crippen LogP contribution < -0.4 is 15.4 Å². The van der Waals surface area contributed by atoms with E-state index in [2.05, 4.69) is 22.5 Å². The standard InChI is InChI=1S/C16H21N3O3S/c1-3-4-9-17-16-19-15(21)13(23-16)10-14(20)18-11-7-5-6-8-12(11)22-2/h5-8,13H,3-4,9-10H2,1-2H3,(H,18,20)(H,17,19,21). The molecule has 1 saturated heterocycles. The fourth-order valence-corrected chi connectivity index (χ4v) is 3.07. The molecule has 1 atom stereocenters. The number of nitrogens with one attached hydrogen (secondary N) is 2. The highest BCUT2D eigenvalue weighted by atomic mass is 32.2. The van der Waals surface area contributed by atoms with Gasteiger partial charge in [0.15, 0.2) is 5.17 Å². The van der Waals surface area contributed by atoms with Gasteiger partial charge in [0.25, 0.3) is 0 Å². The summed E-state index contributed by atoms with van der Waals surface area (Å²) in [4.78, 5) is 28.4. The minimum Gasteiger partial charge on any atom is -0.495 e. The molecular formula is C16H21N3O3S. The SMILES string of the molecule is CCCCN=C1NC(=O)C(CC(=O)Nc2ccccc2OC)S1. The molecule has 2 amide bonds. The zero-order chi connectivity index (χ0) is 16.7. The number of unbranched alkanes of at least 4 members (excludes halogenated alkanes) is 1. The second kappa shape index (κ2) is 8.57. The van der Waals surface area contributed by atoms with Crippen molar-refractivity contribution in [1.29, 1.82) is 0 Å². The number of anilines is 1. The van der Waals surface area contributed by atoms with Crippen molar-refractivity contribution in [1.82, 2.24) is 5.32 Å². The van der Waals surface area contributed by atoms with E-state index in [0.29, 0.717) is 23.1 Å². The molecule has 1 aromatic rings. The number of hydrogen-bond acceptors (Lipinski definition) is 5. The molecule has 7 heteroatoms. The van der Waals surface area contributed by atoms with Gasteiger partial charge in [-0.05, 0) is 18.6 Å². The van der Waals surface area contributed by atoms with E-state index in [0.717, 1.165) is 12.8 Å². The molecule has 124 valence electrons. The maximum absolute atomic E-state index is 12.1. The summed E-state index contributed by atoms with van der Waals surface area (Å²) in [5.41, 5.74) is 0.597. The van der Waals surface area contributed by atoms with E-state index in [1.54, 1.807) is 19.2 Å². The topological polar surface area (TPSA) is 79.8 Å². The molecule has 1 unspecified atom stereocenters. The van der Waals surface area contributed by atoms with E-state index in [4.69, 9.17) is 4.74 Å². The number of amidine groups is 1. The number of carbonyl (C=O) groups is 2. The Labute approximate surface area is 140 Å². The van der Waals surface area contributed by atoms with Crippen LogP contribution in [0.5, 0.6) is 5.75 Å². The summed E-state index contributed by atoms with van der Waals surface area (Å²) in [6.07, 6.45) is 2.14. The largest absolute Gasteiger partial charge is 0.495 e. The summed E-state index contributed by atoms with van der Waals surface area (Å²) in [6.45, 7) is 2.78. The Kier molecular flexibility index (Phi) is 6.46. The van der Waals surface area contributed by atoms with E-state index in [1.165, 1.54) is 11.8 Å². The number of amides is 2. The minimum absolute atomic E-state index is 0.0986. The van der Waals surface area contributed by atoms with Crippen LogP contribution in [-0.2, 0) is 9.59 Å². The molecule has 2 rings (SSSR count). The molecular weight excluding hydrogens is 314 g/mol. The van der Waals surface area contributed by atoms with E-state index in [1.807, 2.05) is 12.1 Å². The number of para-hydroxylation sites is 2. The van der Waals surface area contributed by atoms with E-state index in [9.17, 15) is 9.59 Å². The summed E-state index contributed by atoms with van der Waals surface area (Å²) in [5, 5.41) is 5.67. The molecule has 23 heavy (non-hydrogen) atoms. The van der Waals surface area contributed by atoms with Gasteiger partial charge in [0, 0.05) is 13.0 Å². The fraction of sp³-hybridized carbons (Fsp3) is 0.438. The van der Waals surface area contributed by atoms with Crippen molar-refractivity contribution in [2.24, 2.45) is 4.99 Å². The number of methoxy groups -OCH3 is 1. The van der Waals surface area contributed by atoms with Crippen LogP contribution in [0.4, 0.5) is 5.69 Å². The number of aliphatic imine (C=N–C) groups is 1. The van der Waals surface area contributed by atoms with Gasteiger partial charge < -0.3 is 15.4 Å². The normalized spacial score (nSPS) is 18.8. The van der Waals surface area contributed by atoms with Gasteiger partial charge in [-0.15, -0.1) is 0 Å². The highest BCUT2D eigenvalue weighted by molar-refractivity contribution is 8.15. The van der Waals surface area contributed by atoms with Crippen molar-refractivity contribution in [2.45, 2.75) is 31.4 Å². The van der Waals surface area contributed by atoms with Crippen molar-refractivity contribution in [2.75, 3.05) is 19.0 Å². The molecule has 1 aromatic carbocycles. The Morgan fingerprint density at radius 1 is 1.43 bits per heavy atom. The predicted octanol–water partition coefficient (Wildman–Crippen LogP) is 2.41. The van der Waals surface area contributed by atoms with Crippen molar-refractivity contribution < 1.29 is 14.3 Å². The number of ether oxygens (including phenoxy) is 1. The lowest BCUT2D eigenvalue weighted by molar-refractivity contribution is -0.122. The smallest absolute Gasteiger partial charge is 0.240 e. The van der Waals surface area contributed by atoms with Gasteiger partial charge in [-0.25, -0.2) is 0 Å². The van der Waals surface area contributed by atoms with Crippen LogP contribution in [0.25, 0.3) is 0 Å². The van der Waals surface area contributed by atoms with Crippen LogP contribution in [0.1, 0.15) is 26.2 Å². The second-order valence-corrected chi connectivity index (χ2v) is 6.28. The van der Waals surface area contributed by atoms with Gasteiger partial charge in [-0.1, -0.05) is 37.2 Å². The third kappa shape index (κ3) is 4.99. The average molecular weight is 335 g/mol. The van der Waals surface area contributed by atoms with Crippen LogP contribution >= 0.6 is 11.8 Å². The Hall–Kier alpha value is -2.02. The highest BCUT2D eigenvalue weighted by Crippen LogP contribution is 2.26. The molecule has 0 aromatic heterocycles. The molecule has 1 heterocycles. The molecule has 1 aliphatic heterocycles. The lowest BCUT2D eigenvalue weighted by Crippen LogP contribution is -2.28. The van der Waals surface area contributed by atoms with Gasteiger partial charge in [-0.2, -0.15) is 0 Å². The monoisotopic (exact) mass is 335 g/mol. The van der Waals surface area contributed by atoms with Crippen molar-refractivity contribution >= 4 is 34.4 Å². The maximum atomic E-state index is 12.1. The summed E-state index contributed by atoms with van der Waals surface area (Å²) >= 11 is 1.32. The van der Waals surface area contributed by atoms with Crippen LogP contribution in [0, 0.1) is 0 Å². The van der Waals surface area contributed by atoms with E-state index >= 15 is 0 Å². The molecule has 1 fully saturated rings. The summed E-state index contributed by atoms with van der Waals surface area (Å²) < 4.78 is 5.19. The Balaban J connectivity index is 1.90. The molecule has 0 aliphatic carbocycles. The van der Waals surface area contributed by atoms with Gasteiger partial charge in [0.05, 0.1) is 12.8 Å². The van der Waals surface area contributed by atoms with Gasteiger partial charge in [-0.3, -0.25) is 14.6 Å². The van der Waals surface area contributed by atoms with Crippen molar-refractivity contribution in [3.63, 3.8) is 0 Å². The zero-order valence-electron chi connectivity index (χ0n) is 13.3. The number of carbonyl (C=O) groups excluding carboxylic acids is 2. The number of rotatable bonds is 7. The molecule has 0 spiro atoms. The average Bonchev–Trinajstić information content (AvgIpc) is 2.88. The lowest BCUT2D eigenvalue weighted by atomic mass is 10.2. The predicted molar refractivity (Wildman–Crippen MR) is 93.0 cm³/mol. The van der Waals surface area contributed by atoms with Gasteiger partial charge in [0.1, 0.15) is 11.0 Å². The quantitative estimate of drug-likeness (QED) is 0.750. The Morgan fingerprint density at radius 3 is 2.96 bits per heavy atom. The number of thioether (sulfide) groups is 1. The Morgan fingerprint density at radius 2 is 2.22 bits per heavy atom. The molecule has 6 nitrogen and oxygen atoms in total. The van der Waals surface area contributed by atoms with Crippen LogP contribution in [0.2, 0.25) is 0 Å². The summed E-state index contributed by atoms with van der Waals surface area (Å²) in [6, 6.07) is 7.17. The third-order valence-electron chi connectivity index (χ3n) is 3.30. The molecule has 2 N–H and O–H groups in total. The first kappa shape index (κ1) is 17.3. The molecule has 0 radical (unpaired) electrons. The number of benzene rings is 1. The van der Waals surface area contributed by atoms with Crippen molar-refractivity contribution in [3.8, 4) is 5.75 Å². The second-order valence-electron chi connectivity index (χ2n) is 5.09. The van der Waals surface area contributed by atoms with Crippen molar-refractivity contribution in [3.05, 3.63) is 24.3 Å². The third-order valence-corrected chi connectivity index (χ3v) is 4.42. The molecule has 0 bridgehead atoms. The van der Waals surface area contributed by atoms with Gasteiger partial charge in [0.2, 0.25) is 11.8 Å². The number of hydrogen-bond donors (Lipinski definition) is 2.